The van der Waals surface area contributed by atoms with Crippen molar-refractivity contribution in [2.75, 3.05) is 26.1 Å². The minimum Gasteiger partial charge on any atom is -0.467 e. The summed E-state index contributed by atoms with van der Waals surface area (Å²) in [6.45, 7) is -1.16. The lowest BCUT2D eigenvalue weighted by atomic mass is 10.2. The SMILES string of the molecule is COC(=O)[C@H](CS)NC(=O)[C@H](CO)NC(=O)[C@@H]([NH3+])CO. The van der Waals surface area contributed by atoms with Crippen LogP contribution < -0.4 is 16.4 Å². The van der Waals surface area contributed by atoms with Crippen LogP contribution in [0, 0.1) is 0 Å². The van der Waals surface area contributed by atoms with E-state index in [-0.39, 0.29) is 5.75 Å². The molecule has 0 spiro atoms. The zero-order chi connectivity index (χ0) is 15.7. The van der Waals surface area contributed by atoms with Gasteiger partial charge in [0.2, 0.25) is 5.91 Å². The van der Waals surface area contributed by atoms with Gasteiger partial charge in [-0.25, -0.2) is 4.79 Å². The number of amides is 2. The monoisotopic (exact) mass is 310 g/mol. The number of carbonyl (C=O) groups excluding carboxylic acids is 3. The lowest BCUT2D eigenvalue weighted by molar-refractivity contribution is -0.409. The van der Waals surface area contributed by atoms with Crippen LogP contribution in [0.4, 0.5) is 0 Å². The molecule has 0 fully saturated rings. The molecule has 0 saturated heterocycles. The molecule has 0 aliphatic heterocycles. The quantitative estimate of drug-likeness (QED) is 0.197. The lowest BCUT2D eigenvalue weighted by Crippen LogP contribution is -2.70. The number of aliphatic hydroxyl groups is 2. The topological polar surface area (TPSA) is 153 Å². The molecule has 0 aromatic heterocycles. The second kappa shape index (κ2) is 9.53. The maximum absolute atomic E-state index is 11.8. The number of methoxy groups -OCH3 is 1. The van der Waals surface area contributed by atoms with Gasteiger partial charge < -0.3 is 31.3 Å². The van der Waals surface area contributed by atoms with Gasteiger partial charge >= 0.3 is 5.97 Å². The Morgan fingerprint density at radius 1 is 1.15 bits per heavy atom. The fourth-order valence-corrected chi connectivity index (χ4v) is 1.40. The number of rotatable bonds is 8. The van der Waals surface area contributed by atoms with Crippen molar-refractivity contribution in [1.82, 2.24) is 10.6 Å². The molecule has 3 atom stereocenters. The molecule has 0 radical (unpaired) electrons. The van der Waals surface area contributed by atoms with Gasteiger partial charge in [0.15, 0.2) is 6.04 Å². The molecule has 10 heteroatoms. The summed E-state index contributed by atoms with van der Waals surface area (Å²) >= 11 is 3.89. The molecule has 20 heavy (non-hydrogen) atoms. The van der Waals surface area contributed by atoms with E-state index in [9.17, 15) is 14.4 Å². The third-order valence-electron chi connectivity index (χ3n) is 2.39. The first kappa shape index (κ1) is 18.6. The maximum atomic E-state index is 11.8. The molecule has 2 amide bonds. The van der Waals surface area contributed by atoms with Crippen molar-refractivity contribution in [3.8, 4) is 0 Å². The van der Waals surface area contributed by atoms with Gasteiger partial charge in [0.05, 0.1) is 13.7 Å². The summed E-state index contributed by atoms with van der Waals surface area (Å²) in [6.07, 6.45) is 0. The zero-order valence-electron chi connectivity index (χ0n) is 11.0. The van der Waals surface area contributed by atoms with Crippen LogP contribution in [0.1, 0.15) is 0 Å². The minimum absolute atomic E-state index is 0.000886. The van der Waals surface area contributed by atoms with Crippen molar-refractivity contribution in [2.45, 2.75) is 18.1 Å². The van der Waals surface area contributed by atoms with E-state index >= 15 is 0 Å². The third-order valence-corrected chi connectivity index (χ3v) is 2.76. The Labute approximate surface area is 121 Å². The minimum atomic E-state index is -1.26. The van der Waals surface area contributed by atoms with Crippen LogP contribution in [0.25, 0.3) is 0 Å². The van der Waals surface area contributed by atoms with Gasteiger partial charge in [-0.05, 0) is 0 Å². The van der Waals surface area contributed by atoms with E-state index in [4.69, 9.17) is 10.2 Å². The number of hydrogen-bond acceptors (Lipinski definition) is 7. The fraction of sp³-hybridized carbons (Fsp3) is 0.700. The molecular formula is C10H20N3O6S+. The number of esters is 1. The normalized spacial score (nSPS) is 14.8. The summed E-state index contributed by atoms with van der Waals surface area (Å²) in [5.41, 5.74) is 3.36. The van der Waals surface area contributed by atoms with E-state index in [1.807, 2.05) is 0 Å². The Morgan fingerprint density at radius 2 is 1.70 bits per heavy atom. The smallest absolute Gasteiger partial charge is 0.329 e. The van der Waals surface area contributed by atoms with Gasteiger partial charge in [0.1, 0.15) is 18.7 Å². The standard InChI is InChI=1S/C10H19N3O6S/c1-19-10(18)7(4-20)13-9(17)6(3-15)12-8(16)5(11)2-14/h5-7,14-15,20H,2-4,11H2,1H3,(H,12,16)(H,13,17)/p+1/t5-,6-,7-/m0/s1. The summed E-state index contributed by atoms with van der Waals surface area (Å²) < 4.78 is 4.46. The average molecular weight is 310 g/mol. The van der Waals surface area contributed by atoms with Crippen LogP contribution >= 0.6 is 12.6 Å². The first-order chi connectivity index (χ1) is 9.40. The van der Waals surface area contributed by atoms with E-state index in [0.29, 0.717) is 0 Å². The molecule has 0 bridgehead atoms. The Kier molecular flexibility index (Phi) is 8.88. The van der Waals surface area contributed by atoms with Crippen LogP contribution in [0.2, 0.25) is 0 Å². The summed E-state index contributed by atoms with van der Waals surface area (Å²) in [4.78, 5) is 34.5. The van der Waals surface area contributed by atoms with Crippen LogP contribution in [-0.2, 0) is 19.1 Å². The molecule has 7 N–H and O–H groups in total. The maximum Gasteiger partial charge on any atom is 0.329 e. The van der Waals surface area contributed by atoms with Crippen LogP contribution in [0.15, 0.2) is 0 Å². The number of thiol groups is 1. The van der Waals surface area contributed by atoms with Gasteiger partial charge in [-0.3, -0.25) is 9.59 Å². The molecule has 0 saturated carbocycles. The highest BCUT2D eigenvalue weighted by atomic mass is 32.1. The van der Waals surface area contributed by atoms with E-state index in [2.05, 4.69) is 33.7 Å². The molecule has 116 valence electrons. The molecule has 0 aromatic carbocycles. The van der Waals surface area contributed by atoms with Gasteiger partial charge in [-0.1, -0.05) is 0 Å². The predicted octanol–water partition coefficient (Wildman–Crippen LogP) is -4.35. The summed E-state index contributed by atoms with van der Waals surface area (Å²) in [6, 6.07) is -3.21. The highest BCUT2D eigenvalue weighted by Gasteiger charge is 2.28. The summed E-state index contributed by atoms with van der Waals surface area (Å²) in [5, 5.41) is 22.3. The average Bonchev–Trinajstić information content (AvgIpc) is 2.47. The van der Waals surface area contributed by atoms with Gasteiger partial charge in [-0.15, -0.1) is 0 Å². The largest absolute Gasteiger partial charge is 0.467 e. The van der Waals surface area contributed by atoms with Gasteiger partial charge in [0.25, 0.3) is 5.91 Å². The number of nitrogens with one attached hydrogen (secondary N) is 2. The molecule has 0 aromatic rings. The first-order valence-corrected chi connectivity index (χ1v) is 6.38. The number of aliphatic hydroxyl groups excluding tert-OH is 2. The molecule has 0 unspecified atom stereocenters. The van der Waals surface area contributed by atoms with Crippen molar-refractivity contribution >= 4 is 30.4 Å². The van der Waals surface area contributed by atoms with E-state index < -0.39 is 49.1 Å². The van der Waals surface area contributed by atoms with Crippen molar-refractivity contribution in [1.29, 1.82) is 0 Å². The van der Waals surface area contributed by atoms with Crippen molar-refractivity contribution < 1.29 is 35.1 Å². The van der Waals surface area contributed by atoms with Gasteiger partial charge in [-0.2, -0.15) is 12.6 Å². The Hall–Kier alpha value is -1.36. The predicted molar refractivity (Wildman–Crippen MR) is 70.6 cm³/mol. The van der Waals surface area contributed by atoms with Crippen LogP contribution in [-0.4, -0.2) is 72.2 Å². The van der Waals surface area contributed by atoms with Gasteiger partial charge in [0, 0.05) is 5.75 Å². The second-order valence-electron chi connectivity index (χ2n) is 3.89. The Bertz CT molecular complexity index is 354. The van der Waals surface area contributed by atoms with Crippen LogP contribution in [0.5, 0.6) is 0 Å². The summed E-state index contributed by atoms with van der Waals surface area (Å²) in [7, 11) is 1.16. The molecule has 0 heterocycles. The third kappa shape index (κ3) is 5.74. The van der Waals surface area contributed by atoms with Crippen molar-refractivity contribution in [2.24, 2.45) is 0 Å². The molecule has 0 rings (SSSR count). The number of quaternary nitrogens is 1. The molecular weight excluding hydrogens is 290 g/mol. The van der Waals surface area contributed by atoms with Crippen molar-refractivity contribution in [3.63, 3.8) is 0 Å². The summed E-state index contributed by atoms with van der Waals surface area (Å²) in [5.74, 6) is -2.15. The lowest BCUT2D eigenvalue weighted by Gasteiger charge is -2.20. The van der Waals surface area contributed by atoms with E-state index in [1.165, 1.54) is 0 Å². The van der Waals surface area contributed by atoms with E-state index in [1.54, 1.807) is 0 Å². The number of carbonyl (C=O) groups is 3. The highest BCUT2D eigenvalue weighted by Crippen LogP contribution is 1.94. The second-order valence-corrected chi connectivity index (χ2v) is 4.26. The number of ether oxygens (including phenoxy) is 1. The number of hydrogen-bond donors (Lipinski definition) is 6. The molecule has 0 aliphatic carbocycles. The van der Waals surface area contributed by atoms with E-state index in [0.717, 1.165) is 7.11 Å². The Balaban J connectivity index is 4.61. The Morgan fingerprint density at radius 3 is 2.10 bits per heavy atom. The molecule has 0 aliphatic rings. The fourth-order valence-electron chi connectivity index (χ4n) is 1.16. The molecule has 9 nitrogen and oxygen atoms in total. The first-order valence-electron chi connectivity index (χ1n) is 5.75. The van der Waals surface area contributed by atoms with Crippen molar-refractivity contribution in [3.05, 3.63) is 0 Å². The van der Waals surface area contributed by atoms with Crippen LogP contribution in [0.3, 0.4) is 0 Å². The zero-order valence-corrected chi connectivity index (χ0v) is 11.9. The highest BCUT2D eigenvalue weighted by molar-refractivity contribution is 7.80.